The van der Waals surface area contributed by atoms with E-state index < -0.39 is 0 Å². The Kier molecular flexibility index (Phi) is 6.48. The summed E-state index contributed by atoms with van der Waals surface area (Å²) >= 11 is 0. The average molecular weight is 375 g/mol. The maximum atomic E-state index is 5.72. The Labute approximate surface area is 129 Å². The van der Waals surface area contributed by atoms with Crippen molar-refractivity contribution in [2.45, 2.75) is 6.42 Å². The molecule has 1 aliphatic rings. The summed E-state index contributed by atoms with van der Waals surface area (Å²) in [6.07, 6.45) is 2.57. The second kappa shape index (κ2) is 7.88. The number of benzene rings is 1. The van der Waals surface area contributed by atoms with Gasteiger partial charge in [-0.25, -0.2) is 4.99 Å². The zero-order valence-corrected chi connectivity index (χ0v) is 12.9. The lowest BCUT2D eigenvalue weighted by Crippen LogP contribution is -2.22. The van der Waals surface area contributed by atoms with Crippen molar-refractivity contribution in [1.29, 1.82) is 0 Å². The zero-order valence-electron chi connectivity index (χ0n) is 10.6. The number of rotatable bonds is 3. The summed E-state index contributed by atoms with van der Waals surface area (Å²) < 4.78 is 11.1. The van der Waals surface area contributed by atoms with Crippen LogP contribution >= 0.6 is 24.0 Å². The summed E-state index contributed by atoms with van der Waals surface area (Å²) in [4.78, 5) is 4.06. The van der Waals surface area contributed by atoms with E-state index in [1.165, 1.54) is 0 Å². The van der Waals surface area contributed by atoms with Gasteiger partial charge in [0.25, 0.3) is 0 Å². The number of nitrogens with zero attached hydrogens (tertiary/aromatic N) is 1. The van der Waals surface area contributed by atoms with E-state index in [0.717, 1.165) is 23.6 Å². The molecule has 104 valence electrons. The van der Waals surface area contributed by atoms with Crippen LogP contribution in [0.2, 0.25) is 0 Å². The molecular formula is C13H18IN3O2. The highest BCUT2D eigenvalue weighted by atomic mass is 127. The summed E-state index contributed by atoms with van der Waals surface area (Å²) in [5, 5.41) is 2.99. The maximum absolute atomic E-state index is 5.72. The van der Waals surface area contributed by atoms with Gasteiger partial charge in [0.15, 0.2) is 17.5 Å². The second-order valence-electron chi connectivity index (χ2n) is 3.85. The van der Waals surface area contributed by atoms with E-state index in [9.17, 15) is 0 Å². The van der Waals surface area contributed by atoms with Crippen LogP contribution in [0.3, 0.4) is 0 Å². The number of fused-ring (bicyclic) bond motifs is 1. The second-order valence-corrected chi connectivity index (χ2v) is 3.85. The van der Waals surface area contributed by atoms with Gasteiger partial charge in [0.05, 0.1) is 19.8 Å². The van der Waals surface area contributed by atoms with Crippen LogP contribution < -0.4 is 20.5 Å². The molecule has 0 aliphatic carbocycles. The molecule has 1 heterocycles. The number of nitrogens with two attached hydrogens (primary N) is 1. The highest BCUT2D eigenvalue weighted by Gasteiger charge is 2.10. The van der Waals surface area contributed by atoms with Crippen LogP contribution in [0.15, 0.2) is 35.8 Å². The van der Waals surface area contributed by atoms with Crippen molar-refractivity contribution in [1.82, 2.24) is 0 Å². The molecule has 0 saturated heterocycles. The number of halogens is 1. The van der Waals surface area contributed by atoms with Crippen LogP contribution in [-0.4, -0.2) is 25.7 Å². The number of guanidine groups is 1. The molecule has 5 nitrogen and oxygen atoms in total. The molecule has 0 unspecified atom stereocenters. The highest BCUT2D eigenvalue weighted by Crippen LogP contribution is 2.32. The Morgan fingerprint density at radius 3 is 2.84 bits per heavy atom. The predicted octanol–water partition coefficient (Wildman–Crippen LogP) is 2.38. The standard InChI is InChI=1S/C13H17N3O2.HI/c1-2-6-15-13(14)16-10-4-5-11-12(9-10)18-8-3-7-17-11;/h2,4-5,9H,1,3,6-8H2,(H3,14,15,16);1H. The third kappa shape index (κ3) is 4.62. The summed E-state index contributed by atoms with van der Waals surface area (Å²) in [6.45, 7) is 5.42. The largest absolute Gasteiger partial charge is 0.490 e. The predicted molar refractivity (Wildman–Crippen MR) is 87.8 cm³/mol. The van der Waals surface area contributed by atoms with Crippen molar-refractivity contribution in [2.75, 3.05) is 25.1 Å². The topological polar surface area (TPSA) is 68.9 Å². The molecule has 0 aromatic heterocycles. The van der Waals surface area contributed by atoms with E-state index in [1.54, 1.807) is 6.08 Å². The van der Waals surface area contributed by atoms with Crippen molar-refractivity contribution >= 4 is 35.6 Å². The minimum atomic E-state index is 0. The average Bonchev–Trinajstić information content (AvgIpc) is 2.61. The first-order valence-corrected chi connectivity index (χ1v) is 5.87. The van der Waals surface area contributed by atoms with Crippen molar-refractivity contribution in [3.05, 3.63) is 30.9 Å². The van der Waals surface area contributed by atoms with Crippen molar-refractivity contribution in [3.63, 3.8) is 0 Å². The Morgan fingerprint density at radius 1 is 1.37 bits per heavy atom. The highest BCUT2D eigenvalue weighted by molar-refractivity contribution is 14.0. The monoisotopic (exact) mass is 375 g/mol. The van der Waals surface area contributed by atoms with Gasteiger partial charge in [-0.15, -0.1) is 30.6 Å². The fourth-order valence-electron chi connectivity index (χ4n) is 1.59. The van der Waals surface area contributed by atoms with Crippen molar-refractivity contribution in [2.24, 2.45) is 10.7 Å². The summed E-state index contributed by atoms with van der Waals surface area (Å²) in [6, 6.07) is 5.60. The third-order valence-electron chi connectivity index (χ3n) is 2.41. The normalized spacial score (nSPS) is 14.0. The van der Waals surface area contributed by atoms with Gasteiger partial charge in [0, 0.05) is 18.2 Å². The van der Waals surface area contributed by atoms with Crippen LogP contribution in [0.1, 0.15) is 6.42 Å². The molecule has 0 saturated carbocycles. The lowest BCUT2D eigenvalue weighted by atomic mass is 10.3. The molecule has 0 fully saturated rings. The SMILES string of the molecule is C=CCN=C(N)Nc1ccc2c(c1)OCCCO2.I. The van der Waals surface area contributed by atoms with Gasteiger partial charge in [-0.1, -0.05) is 6.08 Å². The molecule has 1 aromatic carbocycles. The van der Waals surface area contributed by atoms with Gasteiger partial charge >= 0.3 is 0 Å². The van der Waals surface area contributed by atoms with E-state index in [4.69, 9.17) is 15.2 Å². The van der Waals surface area contributed by atoms with Gasteiger partial charge in [0.2, 0.25) is 0 Å². The van der Waals surface area contributed by atoms with Crippen LogP contribution in [0, 0.1) is 0 Å². The minimum absolute atomic E-state index is 0. The number of aliphatic imine (C=N–C) groups is 1. The summed E-state index contributed by atoms with van der Waals surface area (Å²) in [7, 11) is 0. The van der Waals surface area contributed by atoms with Gasteiger partial charge in [0.1, 0.15) is 0 Å². The van der Waals surface area contributed by atoms with Crippen molar-refractivity contribution in [3.8, 4) is 11.5 Å². The Bertz CT molecular complexity index is 463. The zero-order chi connectivity index (χ0) is 12.8. The van der Waals surface area contributed by atoms with Crippen LogP contribution in [-0.2, 0) is 0 Å². The first kappa shape index (κ1) is 15.6. The molecule has 0 amide bonds. The molecule has 1 aromatic rings. The van der Waals surface area contributed by atoms with Crippen molar-refractivity contribution < 1.29 is 9.47 Å². The Morgan fingerprint density at radius 2 is 2.11 bits per heavy atom. The Hall–Kier alpha value is -1.44. The van der Waals surface area contributed by atoms with Crippen LogP contribution in [0.25, 0.3) is 0 Å². The number of nitrogens with one attached hydrogen (secondary N) is 1. The molecular weight excluding hydrogens is 357 g/mol. The maximum Gasteiger partial charge on any atom is 0.193 e. The van der Waals surface area contributed by atoms with Gasteiger partial charge in [-0.05, 0) is 12.1 Å². The fraction of sp³-hybridized carbons (Fsp3) is 0.308. The molecule has 2 rings (SSSR count). The van der Waals surface area contributed by atoms with Gasteiger partial charge in [-0.2, -0.15) is 0 Å². The van der Waals surface area contributed by atoms with E-state index in [1.807, 2.05) is 18.2 Å². The molecule has 19 heavy (non-hydrogen) atoms. The van der Waals surface area contributed by atoms with E-state index >= 15 is 0 Å². The lowest BCUT2D eigenvalue weighted by Gasteiger charge is -2.10. The smallest absolute Gasteiger partial charge is 0.193 e. The van der Waals surface area contributed by atoms with E-state index in [-0.39, 0.29) is 24.0 Å². The summed E-state index contributed by atoms with van der Waals surface area (Å²) in [5.41, 5.74) is 6.54. The molecule has 1 aliphatic heterocycles. The number of anilines is 1. The third-order valence-corrected chi connectivity index (χ3v) is 2.41. The number of hydrogen-bond donors (Lipinski definition) is 2. The number of hydrogen-bond acceptors (Lipinski definition) is 3. The quantitative estimate of drug-likeness (QED) is 0.369. The van der Waals surface area contributed by atoms with Gasteiger partial charge < -0.3 is 20.5 Å². The molecule has 6 heteroatoms. The minimum Gasteiger partial charge on any atom is -0.490 e. The van der Waals surface area contributed by atoms with E-state index in [2.05, 4.69) is 16.9 Å². The molecule has 0 spiro atoms. The summed E-state index contributed by atoms with van der Waals surface area (Å²) in [5.74, 6) is 1.85. The first-order chi connectivity index (χ1) is 8.79. The number of ether oxygens (including phenoxy) is 2. The Balaban J connectivity index is 0.00000180. The fourth-order valence-corrected chi connectivity index (χ4v) is 1.59. The first-order valence-electron chi connectivity index (χ1n) is 5.87. The molecule has 0 bridgehead atoms. The lowest BCUT2D eigenvalue weighted by molar-refractivity contribution is 0.297. The van der Waals surface area contributed by atoms with E-state index in [0.29, 0.717) is 25.7 Å². The molecule has 0 atom stereocenters. The molecule has 0 radical (unpaired) electrons. The van der Waals surface area contributed by atoms with Crippen LogP contribution in [0.5, 0.6) is 11.5 Å². The molecule has 3 N–H and O–H groups in total. The van der Waals surface area contributed by atoms with Crippen LogP contribution in [0.4, 0.5) is 5.69 Å². The van der Waals surface area contributed by atoms with Gasteiger partial charge in [-0.3, -0.25) is 0 Å².